The molecule has 1 N–H and O–H groups in total. The monoisotopic (exact) mass is 466 g/mol. The van der Waals surface area contributed by atoms with Crippen LogP contribution < -0.4 is 10.2 Å². The van der Waals surface area contributed by atoms with Crippen LogP contribution in [0.3, 0.4) is 0 Å². The van der Waals surface area contributed by atoms with E-state index in [1.54, 1.807) is 0 Å². The molecule has 0 saturated carbocycles. The quantitative estimate of drug-likeness (QED) is 0.486. The minimum atomic E-state index is -3.84. The standard InChI is InChI=1S/C19H19FN4O7S/c1-22(31-2)32(29,30)15-6-3-13(4-7-15)21-19(26)12-9-18(25)23(11-12)14-5-8-16(20)17(10-14)24(27)28/h3-8,10,12H,9,11H2,1-2H3,(H,21,26). The highest BCUT2D eigenvalue weighted by Gasteiger charge is 2.36. The van der Waals surface area contributed by atoms with Crippen LogP contribution >= 0.6 is 0 Å². The molecule has 0 aromatic heterocycles. The van der Waals surface area contributed by atoms with Crippen molar-refractivity contribution in [3.63, 3.8) is 0 Å². The summed E-state index contributed by atoms with van der Waals surface area (Å²) in [6.07, 6.45) is -0.137. The van der Waals surface area contributed by atoms with Crippen LogP contribution in [0.1, 0.15) is 6.42 Å². The van der Waals surface area contributed by atoms with Gasteiger partial charge in [-0.05, 0) is 36.4 Å². The smallest absolute Gasteiger partial charge is 0.306 e. The highest BCUT2D eigenvalue weighted by Crippen LogP contribution is 2.30. The van der Waals surface area contributed by atoms with E-state index in [-0.39, 0.29) is 23.5 Å². The van der Waals surface area contributed by atoms with Gasteiger partial charge in [0.25, 0.3) is 10.0 Å². The van der Waals surface area contributed by atoms with E-state index < -0.39 is 44.2 Å². The van der Waals surface area contributed by atoms with Crippen LogP contribution in [0.15, 0.2) is 47.4 Å². The summed E-state index contributed by atoms with van der Waals surface area (Å²) in [6, 6.07) is 8.46. The lowest BCUT2D eigenvalue weighted by molar-refractivity contribution is -0.387. The van der Waals surface area contributed by atoms with Crippen LogP contribution in [0.25, 0.3) is 0 Å². The van der Waals surface area contributed by atoms with E-state index in [0.29, 0.717) is 10.2 Å². The first-order valence-electron chi connectivity index (χ1n) is 9.23. The number of nitro groups is 1. The summed E-state index contributed by atoms with van der Waals surface area (Å²) in [5, 5.41) is 13.5. The van der Waals surface area contributed by atoms with Crippen LogP contribution in [0.5, 0.6) is 0 Å². The van der Waals surface area contributed by atoms with Gasteiger partial charge in [0.05, 0.1) is 28.5 Å². The maximum absolute atomic E-state index is 13.6. The highest BCUT2D eigenvalue weighted by molar-refractivity contribution is 7.89. The molecule has 0 spiro atoms. The molecular formula is C19H19FN4O7S. The lowest BCUT2D eigenvalue weighted by atomic mass is 10.1. The van der Waals surface area contributed by atoms with Gasteiger partial charge in [0, 0.05) is 31.8 Å². The number of hydrogen-bond donors (Lipinski definition) is 1. The minimum Gasteiger partial charge on any atom is -0.326 e. The summed E-state index contributed by atoms with van der Waals surface area (Å²) >= 11 is 0. The molecule has 0 bridgehead atoms. The van der Waals surface area contributed by atoms with Crippen molar-refractivity contribution in [1.29, 1.82) is 0 Å². The molecule has 1 aliphatic heterocycles. The molecule has 1 unspecified atom stereocenters. The molecule has 13 heteroatoms. The van der Waals surface area contributed by atoms with Crippen LogP contribution in [-0.2, 0) is 24.4 Å². The number of carbonyl (C=O) groups is 2. The van der Waals surface area contributed by atoms with E-state index in [9.17, 15) is 32.5 Å². The summed E-state index contributed by atoms with van der Waals surface area (Å²) < 4.78 is 38.7. The number of nitrogens with zero attached hydrogens (tertiary/aromatic N) is 3. The van der Waals surface area contributed by atoms with E-state index >= 15 is 0 Å². The Morgan fingerprint density at radius 1 is 1.28 bits per heavy atom. The fourth-order valence-electron chi connectivity index (χ4n) is 3.14. The number of amides is 2. The summed E-state index contributed by atoms with van der Waals surface area (Å²) in [6.45, 7) is -0.0431. The second-order valence-corrected chi connectivity index (χ2v) is 8.84. The van der Waals surface area contributed by atoms with Gasteiger partial charge in [0.1, 0.15) is 0 Å². The average molecular weight is 466 g/mol. The van der Waals surface area contributed by atoms with E-state index in [1.807, 2.05) is 0 Å². The third kappa shape index (κ3) is 4.59. The predicted octanol–water partition coefficient (Wildman–Crippen LogP) is 1.91. The summed E-state index contributed by atoms with van der Waals surface area (Å²) in [5.74, 6) is -2.70. The first-order valence-corrected chi connectivity index (χ1v) is 10.7. The molecule has 170 valence electrons. The van der Waals surface area contributed by atoms with Gasteiger partial charge < -0.3 is 10.2 Å². The van der Waals surface area contributed by atoms with Crippen molar-refractivity contribution in [2.24, 2.45) is 5.92 Å². The summed E-state index contributed by atoms with van der Waals surface area (Å²) in [4.78, 5) is 40.8. The van der Waals surface area contributed by atoms with Gasteiger partial charge in [0.15, 0.2) is 0 Å². The maximum atomic E-state index is 13.6. The molecule has 2 aromatic rings. The molecule has 0 aliphatic carbocycles. The molecule has 2 aromatic carbocycles. The van der Waals surface area contributed by atoms with E-state index in [0.717, 1.165) is 12.1 Å². The number of anilines is 2. The lowest BCUT2D eigenvalue weighted by Gasteiger charge is -2.17. The van der Waals surface area contributed by atoms with Crippen LogP contribution in [0.2, 0.25) is 0 Å². The zero-order valence-corrected chi connectivity index (χ0v) is 17.8. The molecule has 2 amide bonds. The van der Waals surface area contributed by atoms with Gasteiger partial charge in [-0.1, -0.05) is 4.47 Å². The van der Waals surface area contributed by atoms with Crippen molar-refractivity contribution in [3.05, 3.63) is 58.4 Å². The minimum absolute atomic E-state index is 0.0417. The zero-order chi connectivity index (χ0) is 23.6. The first kappa shape index (κ1) is 23.2. The Hall–Kier alpha value is -3.42. The number of hydroxylamine groups is 1. The molecule has 3 rings (SSSR count). The van der Waals surface area contributed by atoms with Crippen molar-refractivity contribution in [1.82, 2.24) is 4.47 Å². The number of carbonyl (C=O) groups excluding carboxylic acids is 2. The number of halogens is 1. The normalized spacial score (nSPS) is 16.4. The molecular weight excluding hydrogens is 447 g/mol. The van der Waals surface area contributed by atoms with Gasteiger partial charge in [-0.3, -0.25) is 24.5 Å². The van der Waals surface area contributed by atoms with Crippen LogP contribution in [-0.4, -0.2) is 50.3 Å². The van der Waals surface area contributed by atoms with E-state index in [4.69, 9.17) is 4.84 Å². The summed E-state index contributed by atoms with van der Waals surface area (Å²) in [7, 11) is -1.38. The number of benzene rings is 2. The fourth-order valence-corrected chi connectivity index (χ4v) is 4.12. The lowest BCUT2D eigenvalue weighted by Crippen LogP contribution is -2.28. The Kier molecular flexibility index (Phi) is 6.52. The Morgan fingerprint density at radius 3 is 2.53 bits per heavy atom. The third-order valence-electron chi connectivity index (χ3n) is 4.95. The van der Waals surface area contributed by atoms with E-state index in [1.165, 1.54) is 49.4 Å². The molecule has 1 aliphatic rings. The van der Waals surface area contributed by atoms with Gasteiger partial charge in [-0.15, -0.1) is 0 Å². The number of rotatable bonds is 7. The Labute approximate surface area is 182 Å². The van der Waals surface area contributed by atoms with Crippen molar-refractivity contribution in [3.8, 4) is 0 Å². The van der Waals surface area contributed by atoms with Crippen molar-refractivity contribution >= 4 is 38.9 Å². The first-order chi connectivity index (χ1) is 15.0. The van der Waals surface area contributed by atoms with Gasteiger partial charge >= 0.3 is 5.69 Å². The largest absolute Gasteiger partial charge is 0.326 e. The average Bonchev–Trinajstić information content (AvgIpc) is 3.15. The second-order valence-electron chi connectivity index (χ2n) is 6.91. The molecule has 1 fully saturated rings. The van der Waals surface area contributed by atoms with Crippen molar-refractivity contribution in [2.45, 2.75) is 11.3 Å². The van der Waals surface area contributed by atoms with Gasteiger partial charge in [-0.2, -0.15) is 4.39 Å². The number of nitrogens with one attached hydrogen (secondary N) is 1. The molecule has 0 radical (unpaired) electrons. The van der Waals surface area contributed by atoms with Crippen LogP contribution in [0, 0.1) is 21.8 Å². The molecule has 32 heavy (non-hydrogen) atoms. The van der Waals surface area contributed by atoms with Crippen molar-refractivity contribution in [2.75, 3.05) is 30.9 Å². The highest BCUT2D eigenvalue weighted by atomic mass is 32.2. The molecule has 11 nitrogen and oxygen atoms in total. The summed E-state index contributed by atoms with van der Waals surface area (Å²) in [5.41, 5.74) is -0.329. The molecule has 1 heterocycles. The topological polar surface area (TPSA) is 139 Å². The predicted molar refractivity (Wildman–Crippen MR) is 111 cm³/mol. The Morgan fingerprint density at radius 2 is 1.94 bits per heavy atom. The molecule has 1 saturated heterocycles. The van der Waals surface area contributed by atoms with Gasteiger partial charge in [-0.25, -0.2) is 8.42 Å². The number of sulfonamides is 1. The molecule has 1 atom stereocenters. The zero-order valence-electron chi connectivity index (χ0n) is 17.0. The fraction of sp³-hybridized carbons (Fsp3) is 0.263. The second kappa shape index (κ2) is 8.98. The maximum Gasteiger partial charge on any atom is 0.306 e. The third-order valence-corrected chi connectivity index (χ3v) is 6.64. The Balaban J connectivity index is 1.70. The van der Waals surface area contributed by atoms with Crippen LogP contribution in [0.4, 0.5) is 21.5 Å². The van der Waals surface area contributed by atoms with E-state index in [2.05, 4.69) is 5.32 Å². The van der Waals surface area contributed by atoms with Gasteiger partial charge in [0.2, 0.25) is 17.6 Å². The Bertz CT molecular complexity index is 1170. The number of hydrogen-bond acceptors (Lipinski definition) is 7. The SMILES string of the molecule is CON(C)S(=O)(=O)c1ccc(NC(=O)C2CC(=O)N(c3ccc(F)c([N+](=O)[O-])c3)C2)cc1. The number of nitro benzene ring substituents is 1. The van der Waals surface area contributed by atoms with Crippen molar-refractivity contribution < 1.29 is 32.2 Å².